The molecule has 90 valence electrons. The Morgan fingerprint density at radius 2 is 2.00 bits per heavy atom. The van der Waals surface area contributed by atoms with Crippen molar-refractivity contribution in [1.29, 1.82) is 0 Å². The quantitative estimate of drug-likeness (QED) is 0.449. The zero-order valence-electron chi connectivity index (χ0n) is 9.45. The van der Waals surface area contributed by atoms with E-state index in [4.69, 9.17) is 0 Å². The van der Waals surface area contributed by atoms with E-state index in [0.29, 0.717) is 10.9 Å². The summed E-state index contributed by atoms with van der Waals surface area (Å²) in [5.74, 6) is 4.04. The summed E-state index contributed by atoms with van der Waals surface area (Å²) in [5.41, 5.74) is 0.638. The molecule has 2 nitrogen and oxygen atoms in total. The highest BCUT2D eigenvalue weighted by molar-refractivity contribution is 7.98. The first-order chi connectivity index (χ1) is 8.69. The molecule has 0 saturated heterocycles. The number of hydrogen-bond acceptors (Lipinski definition) is 3. The third-order valence-electron chi connectivity index (χ3n) is 2.07. The van der Waals surface area contributed by atoms with Gasteiger partial charge in [-0.3, -0.25) is 0 Å². The van der Waals surface area contributed by atoms with Crippen molar-refractivity contribution >= 4 is 11.8 Å². The lowest BCUT2D eigenvalue weighted by Crippen LogP contribution is -1.89. The van der Waals surface area contributed by atoms with E-state index in [1.165, 1.54) is 23.9 Å². The Morgan fingerprint density at radius 1 is 1.17 bits per heavy atom. The van der Waals surface area contributed by atoms with Crippen LogP contribution in [0.2, 0.25) is 0 Å². The third kappa shape index (κ3) is 3.05. The molecule has 0 unspecified atom stereocenters. The molecule has 0 atom stereocenters. The van der Waals surface area contributed by atoms with Crippen LogP contribution < -0.4 is 0 Å². The predicted octanol–water partition coefficient (Wildman–Crippen LogP) is 2.88. The molecule has 0 aliphatic carbocycles. The number of hydrogen-bond donors (Lipinski definition) is 0. The summed E-state index contributed by atoms with van der Waals surface area (Å²) in [4.78, 5) is 8.14. The van der Waals surface area contributed by atoms with Crippen molar-refractivity contribution in [2.45, 2.75) is 5.16 Å². The van der Waals surface area contributed by atoms with E-state index in [1.807, 2.05) is 6.26 Å². The first-order valence-electron chi connectivity index (χ1n) is 5.03. The molecule has 0 saturated carbocycles. The first-order valence-corrected chi connectivity index (χ1v) is 6.25. The Labute approximate surface area is 107 Å². The zero-order valence-corrected chi connectivity index (χ0v) is 10.3. The molecule has 0 N–H and O–H groups in total. The predicted molar refractivity (Wildman–Crippen MR) is 66.2 cm³/mol. The lowest BCUT2D eigenvalue weighted by molar-refractivity contribution is 0.581. The average Bonchev–Trinajstić information content (AvgIpc) is 2.38. The van der Waals surface area contributed by atoms with Crippen molar-refractivity contribution in [2.24, 2.45) is 0 Å². The minimum absolute atomic E-state index is 0.140. The minimum Gasteiger partial charge on any atom is -0.231 e. The number of thioether (sulfide) groups is 1. The lowest BCUT2D eigenvalue weighted by Gasteiger charge is -1.95. The van der Waals surface area contributed by atoms with E-state index in [2.05, 4.69) is 21.8 Å². The van der Waals surface area contributed by atoms with E-state index in [9.17, 15) is 8.78 Å². The molecule has 2 aromatic rings. The second-order valence-electron chi connectivity index (χ2n) is 3.30. The van der Waals surface area contributed by atoms with Gasteiger partial charge in [-0.25, -0.2) is 18.7 Å². The van der Waals surface area contributed by atoms with Gasteiger partial charge in [0.05, 0.1) is 5.56 Å². The van der Waals surface area contributed by atoms with Crippen LogP contribution in [0, 0.1) is 23.5 Å². The van der Waals surface area contributed by atoms with E-state index < -0.39 is 11.6 Å². The normalized spacial score (nSPS) is 9.72. The summed E-state index contributed by atoms with van der Waals surface area (Å²) < 4.78 is 26.0. The van der Waals surface area contributed by atoms with Gasteiger partial charge in [-0.1, -0.05) is 17.7 Å². The second kappa shape index (κ2) is 5.61. The Balaban J connectivity index is 2.30. The van der Waals surface area contributed by atoms with Gasteiger partial charge in [0, 0.05) is 12.3 Å². The van der Waals surface area contributed by atoms with Gasteiger partial charge in [-0.2, -0.15) is 0 Å². The summed E-state index contributed by atoms with van der Waals surface area (Å²) >= 11 is 1.40. The average molecular weight is 262 g/mol. The molecule has 1 aromatic carbocycles. The number of nitrogens with zero attached hydrogens (tertiary/aromatic N) is 2. The highest BCUT2D eigenvalue weighted by atomic mass is 32.2. The molecular weight excluding hydrogens is 254 g/mol. The van der Waals surface area contributed by atoms with Crippen LogP contribution in [0.5, 0.6) is 0 Å². The lowest BCUT2D eigenvalue weighted by atomic mass is 10.2. The summed E-state index contributed by atoms with van der Waals surface area (Å²) in [6, 6.07) is 4.90. The fraction of sp³-hybridized carbons (Fsp3) is 0.0769. The number of aromatic nitrogens is 2. The van der Waals surface area contributed by atoms with Crippen LogP contribution in [0.1, 0.15) is 11.3 Å². The Hall–Kier alpha value is -1.93. The Kier molecular flexibility index (Phi) is 3.90. The van der Waals surface area contributed by atoms with Crippen LogP contribution in [0.4, 0.5) is 8.78 Å². The fourth-order valence-corrected chi connectivity index (χ4v) is 1.59. The molecule has 18 heavy (non-hydrogen) atoms. The van der Waals surface area contributed by atoms with Gasteiger partial charge in [0.25, 0.3) is 0 Å². The van der Waals surface area contributed by atoms with Gasteiger partial charge >= 0.3 is 0 Å². The first kappa shape index (κ1) is 12.5. The van der Waals surface area contributed by atoms with Crippen molar-refractivity contribution in [2.75, 3.05) is 6.26 Å². The maximum atomic E-state index is 13.3. The third-order valence-corrected chi connectivity index (χ3v) is 2.63. The summed E-state index contributed by atoms with van der Waals surface area (Å²) in [5, 5.41) is 0.598. The van der Waals surface area contributed by atoms with Crippen LogP contribution in [-0.4, -0.2) is 16.2 Å². The van der Waals surface area contributed by atoms with Crippen molar-refractivity contribution in [3.8, 4) is 11.8 Å². The van der Waals surface area contributed by atoms with Gasteiger partial charge in [-0.15, -0.1) is 0 Å². The fourth-order valence-electron chi connectivity index (χ4n) is 1.23. The maximum absolute atomic E-state index is 13.3. The smallest absolute Gasteiger partial charge is 0.188 e. The van der Waals surface area contributed by atoms with Gasteiger partial charge in [0.1, 0.15) is 17.3 Å². The SMILES string of the molecule is CSc1nccc(C#Cc2ccc(F)cc2F)n1. The van der Waals surface area contributed by atoms with Crippen LogP contribution in [-0.2, 0) is 0 Å². The van der Waals surface area contributed by atoms with E-state index >= 15 is 0 Å². The molecule has 0 fully saturated rings. The summed E-state index contributed by atoms with van der Waals surface area (Å²) in [6.07, 6.45) is 3.44. The van der Waals surface area contributed by atoms with Crippen LogP contribution in [0.25, 0.3) is 0 Å². The molecule has 2 rings (SSSR count). The van der Waals surface area contributed by atoms with Crippen molar-refractivity contribution < 1.29 is 8.78 Å². The molecule has 0 bridgehead atoms. The molecular formula is C13H8F2N2S. The van der Waals surface area contributed by atoms with Crippen LogP contribution in [0.15, 0.2) is 35.6 Å². The van der Waals surface area contributed by atoms with Crippen LogP contribution >= 0.6 is 11.8 Å². The second-order valence-corrected chi connectivity index (χ2v) is 4.08. The molecule has 0 aliphatic heterocycles. The van der Waals surface area contributed by atoms with E-state index in [-0.39, 0.29) is 5.56 Å². The van der Waals surface area contributed by atoms with Crippen molar-refractivity contribution in [3.05, 3.63) is 53.4 Å². The Morgan fingerprint density at radius 3 is 2.72 bits per heavy atom. The van der Waals surface area contributed by atoms with Crippen LogP contribution in [0.3, 0.4) is 0 Å². The van der Waals surface area contributed by atoms with Crippen molar-refractivity contribution in [3.63, 3.8) is 0 Å². The highest BCUT2D eigenvalue weighted by Crippen LogP contribution is 2.09. The minimum atomic E-state index is -0.679. The van der Waals surface area contributed by atoms with Gasteiger partial charge < -0.3 is 0 Å². The van der Waals surface area contributed by atoms with Gasteiger partial charge in [0.15, 0.2) is 5.16 Å². The topological polar surface area (TPSA) is 25.8 Å². The largest absolute Gasteiger partial charge is 0.231 e. The van der Waals surface area contributed by atoms with E-state index in [0.717, 1.165) is 6.07 Å². The maximum Gasteiger partial charge on any atom is 0.188 e. The summed E-state index contributed by atoms with van der Waals surface area (Å²) in [6.45, 7) is 0. The number of halogens is 2. The molecule has 0 radical (unpaired) electrons. The molecule has 0 spiro atoms. The molecule has 0 aliphatic rings. The number of rotatable bonds is 1. The van der Waals surface area contributed by atoms with E-state index in [1.54, 1.807) is 12.3 Å². The molecule has 1 heterocycles. The standard InChI is InChI=1S/C13H8F2N2S/c1-18-13-16-7-6-11(17-13)5-3-9-2-4-10(14)8-12(9)15/h2,4,6-8H,1H3. The monoisotopic (exact) mass is 262 g/mol. The zero-order chi connectivity index (χ0) is 13.0. The Bertz CT molecular complexity index is 632. The van der Waals surface area contributed by atoms with Gasteiger partial charge in [-0.05, 0) is 30.4 Å². The van der Waals surface area contributed by atoms with Gasteiger partial charge in [0.2, 0.25) is 0 Å². The summed E-state index contributed by atoms with van der Waals surface area (Å²) in [7, 11) is 0. The molecule has 1 aromatic heterocycles. The number of benzene rings is 1. The molecule has 5 heteroatoms. The van der Waals surface area contributed by atoms with Crippen molar-refractivity contribution in [1.82, 2.24) is 9.97 Å². The molecule has 0 amide bonds. The highest BCUT2D eigenvalue weighted by Gasteiger charge is 2.00.